The predicted octanol–water partition coefficient (Wildman–Crippen LogP) is 5.82. The number of carbonyl (C=O) groups excluding carboxylic acids is 2. The first-order valence-corrected chi connectivity index (χ1v) is 13.6. The maximum absolute atomic E-state index is 13.1. The van der Waals surface area contributed by atoms with Gasteiger partial charge in [-0.05, 0) is 75.2 Å². The number of halogens is 2. The average Bonchev–Trinajstić information content (AvgIpc) is 2.91. The summed E-state index contributed by atoms with van der Waals surface area (Å²) in [5.41, 5.74) is 4.09. The lowest BCUT2D eigenvalue weighted by Gasteiger charge is -2.21. The molecule has 0 heterocycles. The van der Waals surface area contributed by atoms with E-state index >= 15 is 0 Å². The minimum atomic E-state index is -0.934. The zero-order valence-corrected chi connectivity index (χ0v) is 24.3. The Bertz CT molecular complexity index is 1320. The second-order valence-corrected chi connectivity index (χ2v) is 9.97. The summed E-state index contributed by atoms with van der Waals surface area (Å²) in [5.74, 6) is 0.525. The number of rotatable bonds is 13. The van der Waals surface area contributed by atoms with Crippen molar-refractivity contribution in [3.8, 4) is 17.2 Å². The Hall–Kier alpha value is -3.75. The fourth-order valence-electron chi connectivity index (χ4n) is 3.64. The van der Waals surface area contributed by atoms with Gasteiger partial charge in [-0.1, -0.05) is 53.5 Å². The molecule has 3 rings (SSSR count). The number of hydrazone groups is 1. The summed E-state index contributed by atoms with van der Waals surface area (Å²) >= 11 is 12.1. The number of carbonyl (C=O) groups is 2. The van der Waals surface area contributed by atoms with Gasteiger partial charge in [0, 0.05) is 11.4 Å². The van der Waals surface area contributed by atoms with E-state index in [2.05, 4.69) is 15.8 Å². The van der Waals surface area contributed by atoms with Gasteiger partial charge in [-0.15, -0.1) is 0 Å². The molecule has 0 aliphatic rings. The van der Waals surface area contributed by atoms with E-state index in [4.69, 9.17) is 37.4 Å². The van der Waals surface area contributed by atoms with E-state index in [-0.39, 0.29) is 17.5 Å². The standard InChI is InChI=1S/C30H33Cl2N3O5/c1-5-38-28-16-22(11-13-27(28)39-19(2)3)18-33-35-30(37)25(15-21-9-7-6-8-10-21)34-29(36)20(4)40-26-14-12-23(31)17-24(26)32/h6-14,16-20,25H,5,15H2,1-4H3,(H,34,36)(H,35,37)/b33-18-/t20-,25-/m0/s1. The lowest BCUT2D eigenvalue weighted by atomic mass is 10.1. The molecule has 2 amide bonds. The Morgan fingerprint density at radius 3 is 2.30 bits per heavy atom. The molecular weight excluding hydrogens is 553 g/mol. The van der Waals surface area contributed by atoms with E-state index in [0.717, 1.165) is 5.56 Å². The third-order valence-electron chi connectivity index (χ3n) is 5.50. The van der Waals surface area contributed by atoms with E-state index in [1.807, 2.05) is 51.1 Å². The van der Waals surface area contributed by atoms with Crippen LogP contribution in [0.5, 0.6) is 17.2 Å². The number of nitrogens with zero attached hydrogens (tertiary/aromatic N) is 1. The van der Waals surface area contributed by atoms with Crippen LogP contribution in [0, 0.1) is 0 Å². The Balaban J connectivity index is 1.70. The molecule has 0 saturated carbocycles. The minimum absolute atomic E-state index is 0.00827. The van der Waals surface area contributed by atoms with Crippen molar-refractivity contribution in [2.24, 2.45) is 5.10 Å². The molecule has 2 atom stereocenters. The zero-order valence-electron chi connectivity index (χ0n) is 22.8. The van der Waals surface area contributed by atoms with Crippen LogP contribution < -0.4 is 25.0 Å². The van der Waals surface area contributed by atoms with Gasteiger partial charge in [0.15, 0.2) is 17.6 Å². The van der Waals surface area contributed by atoms with Gasteiger partial charge in [-0.3, -0.25) is 9.59 Å². The second-order valence-electron chi connectivity index (χ2n) is 9.13. The van der Waals surface area contributed by atoms with Crippen molar-refractivity contribution in [3.05, 3.63) is 87.9 Å². The first kappa shape index (κ1) is 30.8. The summed E-state index contributed by atoms with van der Waals surface area (Å²) in [6, 6.07) is 18.5. The van der Waals surface area contributed by atoms with Gasteiger partial charge < -0.3 is 19.5 Å². The normalized spacial score (nSPS) is 12.6. The van der Waals surface area contributed by atoms with E-state index in [0.29, 0.717) is 34.4 Å². The molecule has 3 aromatic carbocycles. The molecule has 0 aliphatic heterocycles. The largest absolute Gasteiger partial charge is 0.490 e. The molecule has 0 aromatic heterocycles. The molecular formula is C30H33Cl2N3O5. The lowest BCUT2D eigenvalue weighted by molar-refractivity contribution is -0.132. The van der Waals surface area contributed by atoms with Gasteiger partial charge in [0.2, 0.25) is 0 Å². The van der Waals surface area contributed by atoms with E-state index < -0.39 is 24.0 Å². The van der Waals surface area contributed by atoms with Crippen LogP contribution in [0.2, 0.25) is 10.0 Å². The molecule has 40 heavy (non-hydrogen) atoms. The molecule has 3 aromatic rings. The molecule has 2 N–H and O–H groups in total. The van der Waals surface area contributed by atoms with Gasteiger partial charge in [0.1, 0.15) is 11.8 Å². The molecule has 0 aliphatic carbocycles. The second kappa shape index (κ2) is 15.1. The number of nitrogens with one attached hydrogen (secondary N) is 2. The third-order valence-corrected chi connectivity index (χ3v) is 6.03. The van der Waals surface area contributed by atoms with Gasteiger partial charge >= 0.3 is 0 Å². The lowest BCUT2D eigenvalue weighted by Crippen LogP contribution is -2.50. The van der Waals surface area contributed by atoms with Gasteiger partial charge in [-0.2, -0.15) is 5.10 Å². The molecule has 8 nitrogen and oxygen atoms in total. The van der Waals surface area contributed by atoms with Crippen LogP contribution in [0.25, 0.3) is 0 Å². The van der Waals surface area contributed by atoms with Crippen molar-refractivity contribution >= 4 is 41.2 Å². The fraction of sp³-hybridized carbons (Fsp3) is 0.300. The topological polar surface area (TPSA) is 98.2 Å². The number of benzene rings is 3. The van der Waals surface area contributed by atoms with Crippen molar-refractivity contribution in [1.82, 2.24) is 10.7 Å². The maximum atomic E-state index is 13.1. The maximum Gasteiger partial charge on any atom is 0.262 e. The van der Waals surface area contributed by atoms with Crippen LogP contribution in [-0.4, -0.2) is 42.9 Å². The summed E-state index contributed by atoms with van der Waals surface area (Å²) in [4.78, 5) is 26.1. The van der Waals surface area contributed by atoms with Crippen molar-refractivity contribution in [2.45, 2.75) is 52.4 Å². The van der Waals surface area contributed by atoms with Crippen LogP contribution in [0.3, 0.4) is 0 Å². The monoisotopic (exact) mass is 585 g/mol. The highest BCUT2D eigenvalue weighted by Crippen LogP contribution is 2.29. The summed E-state index contributed by atoms with van der Waals surface area (Å²) in [6.07, 6.45) is 0.802. The zero-order chi connectivity index (χ0) is 29.1. The number of hydrogen-bond acceptors (Lipinski definition) is 6. The van der Waals surface area contributed by atoms with Gasteiger partial charge in [0.25, 0.3) is 11.8 Å². The number of ether oxygens (including phenoxy) is 3. The molecule has 0 radical (unpaired) electrons. The summed E-state index contributed by atoms with van der Waals surface area (Å²) in [5, 5.41) is 7.59. The molecule has 10 heteroatoms. The van der Waals surface area contributed by atoms with Crippen molar-refractivity contribution in [3.63, 3.8) is 0 Å². The highest BCUT2D eigenvalue weighted by Gasteiger charge is 2.25. The van der Waals surface area contributed by atoms with Crippen molar-refractivity contribution in [2.75, 3.05) is 6.61 Å². The fourth-order valence-corrected chi connectivity index (χ4v) is 4.09. The van der Waals surface area contributed by atoms with Gasteiger partial charge in [0.05, 0.1) is 23.9 Å². The molecule has 0 bridgehead atoms. The van der Waals surface area contributed by atoms with E-state index in [9.17, 15) is 9.59 Å². The van der Waals surface area contributed by atoms with Crippen LogP contribution >= 0.6 is 23.2 Å². The molecule has 0 spiro atoms. The van der Waals surface area contributed by atoms with E-state index in [1.165, 1.54) is 12.3 Å². The van der Waals surface area contributed by atoms with Crippen molar-refractivity contribution in [1.29, 1.82) is 0 Å². The highest BCUT2D eigenvalue weighted by molar-refractivity contribution is 6.35. The number of amides is 2. The Morgan fingerprint density at radius 2 is 1.62 bits per heavy atom. The summed E-state index contributed by atoms with van der Waals surface area (Å²) < 4.78 is 17.2. The molecule has 0 fully saturated rings. The smallest absolute Gasteiger partial charge is 0.262 e. The Morgan fingerprint density at radius 1 is 0.900 bits per heavy atom. The molecule has 0 saturated heterocycles. The minimum Gasteiger partial charge on any atom is -0.490 e. The average molecular weight is 587 g/mol. The van der Waals surface area contributed by atoms with Crippen LogP contribution in [0.1, 0.15) is 38.8 Å². The highest BCUT2D eigenvalue weighted by atomic mass is 35.5. The summed E-state index contributed by atoms with van der Waals surface area (Å²) in [7, 11) is 0. The van der Waals surface area contributed by atoms with E-state index in [1.54, 1.807) is 37.3 Å². The van der Waals surface area contributed by atoms with Crippen LogP contribution in [0.15, 0.2) is 71.8 Å². The SMILES string of the molecule is CCOc1cc(/C=N\NC(=O)[C@H](Cc2ccccc2)NC(=O)[C@H](C)Oc2ccc(Cl)cc2Cl)ccc1OC(C)C. The first-order valence-electron chi connectivity index (χ1n) is 12.9. The van der Waals surface area contributed by atoms with Gasteiger partial charge in [-0.25, -0.2) is 5.43 Å². The number of hydrogen-bond donors (Lipinski definition) is 2. The molecule has 0 unspecified atom stereocenters. The first-order chi connectivity index (χ1) is 19.2. The molecule has 212 valence electrons. The third kappa shape index (κ3) is 9.47. The van der Waals surface area contributed by atoms with Crippen LogP contribution in [-0.2, 0) is 16.0 Å². The Labute approximate surface area is 244 Å². The quantitative estimate of drug-likeness (QED) is 0.194. The van der Waals surface area contributed by atoms with Crippen molar-refractivity contribution < 1.29 is 23.8 Å². The Kier molecular flexibility index (Phi) is 11.7. The van der Waals surface area contributed by atoms with Crippen LogP contribution in [0.4, 0.5) is 0 Å². The predicted molar refractivity (Wildman–Crippen MR) is 158 cm³/mol. The summed E-state index contributed by atoms with van der Waals surface area (Å²) in [6.45, 7) is 7.80.